The summed E-state index contributed by atoms with van der Waals surface area (Å²) in [5.41, 5.74) is 11.7. The molecule has 0 saturated carbocycles. The maximum Gasteiger partial charge on any atom is 0.0541 e. The third-order valence-electron chi connectivity index (χ3n) is 9.38. The molecule has 0 radical (unpaired) electrons. The highest BCUT2D eigenvalue weighted by atomic mass is 15.1. The summed E-state index contributed by atoms with van der Waals surface area (Å²) >= 11 is 0. The topological polar surface area (TPSA) is 8.17 Å². The van der Waals surface area contributed by atoms with E-state index in [9.17, 15) is 0 Å². The molecule has 0 aliphatic carbocycles. The maximum atomic E-state index is 2.38. The van der Waals surface area contributed by atoms with Gasteiger partial charge in [0.05, 0.1) is 16.7 Å². The van der Waals surface area contributed by atoms with Crippen molar-refractivity contribution >= 4 is 49.6 Å². The fourth-order valence-corrected chi connectivity index (χ4v) is 7.08. The molecule has 1 heterocycles. The Bertz CT molecular complexity index is 2490. The van der Waals surface area contributed by atoms with E-state index in [4.69, 9.17) is 0 Å². The molecule has 0 amide bonds. The van der Waals surface area contributed by atoms with Crippen molar-refractivity contribution in [3.63, 3.8) is 0 Å². The van der Waals surface area contributed by atoms with Gasteiger partial charge in [0.1, 0.15) is 0 Å². The smallest absolute Gasteiger partial charge is 0.0541 e. The fourth-order valence-electron chi connectivity index (χ4n) is 7.08. The van der Waals surface area contributed by atoms with Crippen LogP contribution in [-0.2, 0) is 0 Å². The van der Waals surface area contributed by atoms with Crippen LogP contribution < -0.4 is 4.90 Å². The fraction of sp³-hybridized carbons (Fsp3) is 0. The number of nitrogens with zero attached hydrogens (tertiary/aromatic N) is 2. The second-order valence-corrected chi connectivity index (χ2v) is 12.2. The monoisotopic (exact) mass is 612 g/mol. The second-order valence-electron chi connectivity index (χ2n) is 12.2. The summed E-state index contributed by atoms with van der Waals surface area (Å²) in [6.07, 6.45) is 0. The van der Waals surface area contributed by atoms with E-state index < -0.39 is 0 Å². The number of anilines is 3. The molecular formula is C46H32N2. The molecule has 48 heavy (non-hydrogen) atoms. The highest BCUT2D eigenvalue weighted by Gasteiger charge is 2.18. The first-order valence-electron chi connectivity index (χ1n) is 16.4. The highest BCUT2D eigenvalue weighted by molar-refractivity contribution is 6.09. The van der Waals surface area contributed by atoms with Crippen molar-refractivity contribution in [2.75, 3.05) is 4.90 Å². The van der Waals surface area contributed by atoms with E-state index in [0.29, 0.717) is 0 Å². The molecule has 9 rings (SSSR count). The van der Waals surface area contributed by atoms with Gasteiger partial charge in [-0.3, -0.25) is 0 Å². The highest BCUT2D eigenvalue weighted by Crippen LogP contribution is 2.42. The number of fused-ring (bicyclic) bond motifs is 4. The molecule has 2 nitrogen and oxygen atoms in total. The SMILES string of the molecule is c1ccc(-c2ccccc2N(c2ccc(-c3ccc4ccccc4c3)cc2)c2ccc(-n3c4ccccc4c4ccccc43)cc2)cc1. The van der Waals surface area contributed by atoms with Crippen LogP contribution in [0.2, 0.25) is 0 Å². The van der Waals surface area contributed by atoms with E-state index in [1.165, 1.54) is 54.8 Å². The molecule has 0 unspecified atom stereocenters. The van der Waals surface area contributed by atoms with E-state index >= 15 is 0 Å². The Kier molecular flexibility index (Phi) is 6.84. The van der Waals surface area contributed by atoms with Crippen LogP contribution in [0, 0.1) is 0 Å². The Morgan fingerprint density at radius 1 is 0.354 bits per heavy atom. The van der Waals surface area contributed by atoms with Crippen LogP contribution in [-0.4, -0.2) is 4.57 Å². The Morgan fingerprint density at radius 3 is 1.60 bits per heavy atom. The van der Waals surface area contributed by atoms with Gasteiger partial charge in [0, 0.05) is 33.4 Å². The first kappa shape index (κ1) is 27.9. The zero-order valence-corrected chi connectivity index (χ0v) is 26.4. The lowest BCUT2D eigenvalue weighted by molar-refractivity contribution is 1.17. The van der Waals surface area contributed by atoms with Crippen LogP contribution in [0.5, 0.6) is 0 Å². The van der Waals surface area contributed by atoms with Crippen molar-refractivity contribution < 1.29 is 0 Å². The molecule has 0 bridgehead atoms. The lowest BCUT2D eigenvalue weighted by atomic mass is 10.00. The van der Waals surface area contributed by atoms with Crippen LogP contribution in [0.4, 0.5) is 17.1 Å². The van der Waals surface area contributed by atoms with Gasteiger partial charge in [-0.1, -0.05) is 133 Å². The third kappa shape index (κ3) is 4.83. The zero-order chi connectivity index (χ0) is 31.9. The summed E-state index contributed by atoms with van der Waals surface area (Å²) in [5, 5.41) is 5.04. The van der Waals surface area contributed by atoms with Crippen molar-refractivity contribution in [1.82, 2.24) is 4.57 Å². The van der Waals surface area contributed by atoms with E-state index in [1.807, 2.05) is 0 Å². The molecule has 0 spiro atoms. The van der Waals surface area contributed by atoms with Crippen molar-refractivity contribution in [2.24, 2.45) is 0 Å². The summed E-state index contributed by atoms with van der Waals surface area (Å²) in [6, 6.07) is 69.9. The molecule has 8 aromatic carbocycles. The van der Waals surface area contributed by atoms with Gasteiger partial charge in [-0.05, 0) is 88.1 Å². The largest absolute Gasteiger partial charge is 0.310 e. The van der Waals surface area contributed by atoms with Crippen LogP contribution in [0.1, 0.15) is 0 Å². The summed E-state index contributed by atoms with van der Waals surface area (Å²) in [4.78, 5) is 2.38. The van der Waals surface area contributed by atoms with Crippen LogP contribution >= 0.6 is 0 Å². The molecule has 1 aromatic heterocycles. The van der Waals surface area contributed by atoms with Gasteiger partial charge in [0.25, 0.3) is 0 Å². The normalized spacial score (nSPS) is 11.3. The summed E-state index contributed by atoms with van der Waals surface area (Å²) in [5.74, 6) is 0. The van der Waals surface area contributed by atoms with Crippen molar-refractivity contribution in [1.29, 1.82) is 0 Å². The molecule has 9 aromatic rings. The Balaban J connectivity index is 1.17. The van der Waals surface area contributed by atoms with Gasteiger partial charge in [0.15, 0.2) is 0 Å². The summed E-state index contributed by atoms with van der Waals surface area (Å²) in [6.45, 7) is 0. The standard InChI is InChI=1S/C46H32N2/c1-2-13-35(14-3-1)41-16-6-9-19-44(41)47(38-26-24-34(25-27-38)37-23-22-33-12-4-5-15-36(33)32-37)39-28-30-40(31-29-39)48-45-20-10-7-17-42(45)43-18-8-11-21-46(43)48/h1-32H. The molecule has 226 valence electrons. The van der Waals surface area contributed by atoms with Crippen LogP contribution in [0.15, 0.2) is 194 Å². The second kappa shape index (κ2) is 11.8. The molecule has 0 aliphatic heterocycles. The molecule has 2 heteroatoms. The summed E-state index contributed by atoms with van der Waals surface area (Å²) < 4.78 is 2.37. The Labute approximate surface area is 280 Å². The predicted molar refractivity (Wildman–Crippen MR) is 204 cm³/mol. The minimum atomic E-state index is 1.10. The zero-order valence-electron chi connectivity index (χ0n) is 26.4. The molecule has 0 N–H and O–H groups in total. The van der Waals surface area contributed by atoms with Gasteiger partial charge in [-0.25, -0.2) is 0 Å². The molecule has 0 fully saturated rings. The first-order valence-corrected chi connectivity index (χ1v) is 16.4. The Hall–Kier alpha value is -6.38. The van der Waals surface area contributed by atoms with Gasteiger partial charge in [0.2, 0.25) is 0 Å². The van der Waals surface area contributed by atoms with Crippen LogP contribution in [0.25, 0.3) is 60.5 Å². The van der Waals surface area contributed by atoms with Gasteiger partial charge in [-0.2, -0.15) is 0 Å². The molecule has 0 saturated heterocycles. The number of benzene rings is 8. The molecular weight excluding hydrogens is 581 g/mol. The number of rotatable bonds is 6. The average molecular weight is 613 g/mol. The van der Waals surface area contributed by atoms with Crippen molar-refractivity contribution in [3.8, 4) is 27.9 Å². The van der Waals surface area contributed by atoms with Crippen molar-refractivity contribution in [3.05, 3.63) is 194 Å². The lowest BCUT2D eigenvalue weighted by Gasteiger charge is -2.28. The minimum absolute atomic E-state index is 1.10. The van der Waals surface area contributed by atoms with Crippen LogP contribution in [0.3, 0.4) is 0 Å². The van der Waals surface area contributed by atoms with Gasteiger partial charge >= 0.3 is 0 Å². The number of para-hydroxylation sites is 3. The lowest BCUT2D eigenvalue weighted by Crippen LogP contribution is -2.11. The summed E-state index contributed by atoms with van der Waals surface area (Å²) in [7, 11) is 0. The third-order valence-corrected chi connectivity index (χ3v) is 9.38. The van der Waals surface area contributed by atoms with Gasteiger partial charge in [-0.15, -0.1) is 0 Å². The average Bonchev–Trinajstić information content (AvgIpc) is 3.50. The number of hydrogen-bond donors (Lipinski definition) is 0. The van der Waals surface area contributed by atoms with E-state index in [-0.39, 0.29) is 0 Å². The predicted octanol–water partition coefficient (Wildman–Crippen LogP) is 12.7. The van der Waals surface area contributed by atoms with Crippen molar-refractivity contribution in [2.45, 2.75) is 0 Å². The van der Waals surface area contributed by atoms with E-state index in [0.717, 1.165) is 22.7 Å². The minimum Gasteiger partial charge on any atom is -0.310 e. The maximum absolute atomic E-state index is 2.38. The van der Waals surface area contributed by atoms with E-state index in [2.05, 4.69) is 204 Å². The van der Waals surface area contributed by atoms with Gasteiger partial charge < -0.3 is 9.47 Å². The number of aromatic nitrogens is 1. The quantitative estimate of drug-likeness (QED) is 0.181. The van der Waals surface area contributed by atoms with E-state index in [1.54, 1.807) is 0 Å². The Morgan fingerprint density at radius 2 is 0.896 bits per heavy atom. The molecule has 0 atom stereocenters. The first-order chi connectivity index (χ1) is 23.8. The number of hydrogen-bond acceptors (Lipinski definition) is 1. The molecule has 0 aliphatic rings.